The number of fused-ring (bicyclic) bond motifs is 1. The highest BCUT2D eigenvalue weighted by Gasteiger charge is 2.21. The van der Waals surface area contributed by atoms with E-state index in [0.717, 1.165) is 12.1 Å². The topological polar surface area (TPSA) is 21.1 Å². The minimum Gasteiger partial charge on any atom is -0.331 e. The summed E-state index contributed by atoms with van der Waals surface area (Å²) in [4.78, 5) is 7.15. The van der Waals surface area contributed by atoms with Crippen molar-refractivity contribution in [3.8, 4) is 0 Å². The minimum atomic E-state index is 0.665. The van der Waals surface area contributed by atoms with Gasteiger partial charge in [0.2, 0.25) is 0 Å². The van der Waals surface area contributed by atoms with E-state index in [1.54, 1.807) is 0 Å². The van der Waals surface area contributed by atoms with E-state index in [4.69, 9.17) is 4.98 Å². The van der Waals surface area contributed by atoms with Gasteiger partial charge in [-0.05, 0) is 44.6 Å². The summed E-state index contributed by atoms with van der Waals surface area (Å²) in [6.07, 6.45) is 6.73. The van der Waals surface area contributed by atoms with Crippen LogP contribution in [0.3, 0.4) is 0 Å². The van der Waals surface area contributed by atoms with E-state index < -0.39 is 0 Å². The van der Waals surface area contributed by atoms with Gasteiger partial charge < -0.3 is 9.47 Å². The summed E-state index contributed by atoms with van der Waals surface area (Å²) >= 11 is 0. The minimum absolute atomic E-state index is 0.665. The van der Waals surface area contributed by atoms with Crippen molar-refractivity contribution in [2.75, 3.05) is 14.1 Å². The maximum absolute atomic E-state index is 4.95. The molecule has 3 heteroatoms. The number of aromatic nitrogens is 2. The number of hydrogen-bond donors (Lipinski definition) is 0. The van der Waals surface area contributed by atoms with Crippen LogP contribution in [0.15, 0.2) is 18.2 Å². The van der Waals surface area contributed by atoms with E-state index in [1.165, 1.54) is 49.0 Å². The monoisotopic (exact) mass is 271 g/mol. The highest BCUT2D eigenvalue weighted by Crippen LogP contribution is 2.33. The first-order valence-corrected chi connectivity index (χ1v) is 7.75. The molecule has 20 heavy (non-hydrogen) atoms. The SMILES string of the molecule is CN(C)Cc1ccc2c(c1)nc(C1CCCCC1)n2C. The van der Waals surface area contributed by atoms with Crippen molar-refractivity contribution in [2.45, 2.75) is 44.6 Å². The van der Waals surface area contributed by atoms with Gasteiger partial charge in [0.05, 0.1) is 11.0 Å². The van der Waals surface area contributed by atoms with Crippen LogP contribution >= 0.6 is 0 Å². The molecule has 1 aromatic carbocycles. The van der Waals surface area contributed by atoms with Crippen LogP contribution in [-0.4, -0.2) is 28.5 Å². The van der Waals surface area contributed by atoms with Gasteiger partial charge in [0.15, 0.2) is 0 Å². The molecule has 3 rings (SSSR count). The largest absolute Gasteiger partial charge is 0.331 e. The van der Waals surface area contributed by atoms with Crippen LogP contribution in [0.4, 0.5) is 0 Å². The van der Waals surface area contributed by atoms with Gasteiger partial charge in [-0.1, -0.05) is 25.3 Å². The first-order chi connectivity index (χ1) is 9.65. The molecule has 1 aromatic heterocycles. The Hall–Kier alpha value is -1.35. The lowest BCUT2D eigenvalue weighted by molar-refractivity contribution is 0.402. The second-order valence-corrected chi connectivity index (χ2v) is 6.42. The van der Waals surface area contributed by atoms with Gasteiger partial charge in [-0.25, -0.2) is 4.98 Å². The van der Waals surface area contributed by atoms with Gasteiger partial charge in [0, 0.05) is 19.5 Å². The Morgan fingerprint density at radius 2 is 1.95 bits per heavy atom. The molecule has 0 amide bonds. The van der Waals surface area contributed by atoms with Crippen molar-refractivity contribution in [3.05, 3.63) is 29.6 Å². The lowest BCUT2D eigenvalue weighted by Crippen LogP contribution is -2.10. The molecule has 1 fully saturated rings. The summed E-state index contributed by atoms with van der Waals surface area (Å²) in [5.74, 6) is 1.96. The average Bonchev–Trinajstić information content (AvgIpc) is 2.76. The normalized spacial score (nSPS) is 17.2. The van der Waals surface area contributed by atoms with E-state index >= 15 is 0 Å². The van der Waals surface area contributed by atoms with Crippen molar-refractivity contribution < 1.29 is 0 Å². The highest BCUT2D eigenvalue weighted by molar-refractivity contribution is 5.77. The maximum atomic E-state index is 4.95. The summed E-state index contributed by atoms with van der Waals surface area (Å²) in [5.41, 5.74) is 3.77. The van der Waals surface area contributed by atoms with Crippen LogP contribution in [0.5, 0.6) is 0 Å². The molecule has 0 saturated heterocycles. The Bertz CT molecular complexity index is 592. The lowest BCUT2D eigenvalue weighted by atomic mass is 9.89. The smallest absolute Gasteiger partial charge is 0.112 e. The molecule has 1 aliphatic carbocycles. The molecule has 1 saturated carbocycles. The Morgan fingerprint density at radius 1 is 1.20 bits per heavy atom. The summed E-state index contributed by atoms with van der Waals surface area (Å²) in [7, 11) is 6.39. The molecule has 0 unspecified atom stereocenters. The van der Waals surface area contributed by atoms with Gasteiger partial charge in [0.1, 0.15) is 5.82 Å². The van der Waals surface area contributed by atoms with Crippen LogP contribution in [0.2, 0.25) is 0 Å². The Labute approximate surface area is 121 Å². The van der Waals surface area contributed by atoms with Crippen molar-refractivity contribution in [2.24, 2.45) is 7.05 Å². The maximum Gasteiger partial charge on any atom is 0.112 e. The van der Waals surface area contributed by atoms with E-state index in [-0.39, 0.29) is 0 Å². The zero-order chi connectivity index (χ0) is 14.1. The van der Waals surface area contributed by atoms with E-state index in [0.29, 0.717) is 5.92 Å². The molecular weight excluding hydrogens is 246 g/mol. The molecule has 0 atom stereocenters. The summed E-state index contributed by atoms with van der Waals surface area (Å²) in [5, 5.41) is 0. The van der Waals surface area contributed by atoms with E-state index in [9.17, 15) is 0 Å². The molecule has 0 bridgehead atoms. The number of nitrogens with zero attached hydrogens (tertiary/aromatic N) is 3. The number of hydrogen-bond acceptors (Lipinski definition) is 2. The number of imidazole rings is 1. The molecule has 0 N–H and O–H groups in total. The van der Waals surface area contributed by atoms with Crippen LogP contribution in [0.1, 0.15) is 49.4 Å². The molecule has 0 aliphatic heterocycles. The Balaban J connectivity index is 1.96. The molecule has 3 nitrogen and oxygen atoms in total. The average molecular weight is 271 g/mol. The summed E-state index contributed by atoms with van der Waals surface area (Å²) in [6.45, 7) is 0.977. The van der Waals surface area contributed by atoms with Gasteiger partial charge in [-0.15, -0.1) is 0 Å². The standard InChI is InChI=1S/C17H25N3/c1-19(2)12-13-9-10-16-15(11-13)18-17(20(16)3)14-7-5-4-6-8-14/h9-11,14H,4-8,12H2,1-3H3. The fraction of sp³-hybridized carbons (Fsp3) is 0.588. The van der Waals surface area contributed by atoms with Gasteiger partial charge in [-0.3, -0.25) is 0 Å². The van der Waals surface area contributed by atoms with Gasteiger partial charge in [-0.2, -0.15) is 0 Å². The Morgan fingerprint density at radius 3 is 2.65 bits per heavy atom. The van der Waals surface area contributed by atoms with Crippen LogP contribution in [0.25, 0.3) is 11.0 Å². The molecular formula is C17H25N3. The predicted octanol–water partition coefficient (Wildman–Crippen LogP) is 3.68. The fourth-order valence-electron chi connectivity index (χ4n) is 3.45. The van der Waals surface area contributed by atoms with Crippen LogP contribution in [0, 0.1) is 0 Å². The third-order valence-electron chi connectivity index (χ3n) is 4.45. The third-order valence-corrected chi connectivity index (χ3v) is 4.45. The van der Waals surface area contributed by atoms with Crippen LogP contribution in [-0.2, 0) is 13.6 Å². The summed E-state index contributed by atoms with van der Waals surface area (Å²) in [6, 6.07) is 6.71. The fourth-order valence-corrected chi connectivity index (χ4v) is 3.45. The second kappa shape index (κ2) is 5.57. The van der Waals surface area contributed by atoms with Crippen molar-refractivity contribution >= 4 is 11.0 Å². The number of aryl methyl sites for hydroxylation is 1. The molecule has 0 radical (unpaired) electrons. The Kier molecular flexibility index (Phi) is 3.79. The molecule has 2 aromatic rings. The van der Waals surface area contributed by atoms with Gasteiger partial charge >= 0.3 is 0 Å². The lowest BCUT2D eigenvalue weighted by Gasteiger charge is -2.20. The molecule has 0 spiro atoms. The van der Waals surface area contributed by atoms with Crippen molar-refractivity contribution in [3.63, 3.8) is 0 Å². The van der Waals surface area contributed by atoms with Gasteiger partial charge in [0.25, 0.3) is 0 Å². The zero-order valence-electron chi connectivity index (χ0n) is 12.9. The molecule has 1 heterocycles. The third kappa shape index (κ3) is 2.59. The number of benzene rings is 1. The van der Waals surface area contributed by atoms with Crippen molar-refractivity contribution in [1.82, 2.24) is 14.5 Å². The van der Waals surface area contributed by atoms with E-state index in [1.807, 2.05) is 0 Å². The second-order valence-electron chi connectivity index (χ2n) is 6.42. The molecule has 108 valence electrons. The first kappa shape index (κ1) is 13.6. The van der Waals surface area contributed by atoms with Crippen molar-refractivity contribution in [1.29, 1.82) is 0 Å². The van der Waals surface area contributed by atoms with E-state index in [2.05, 4.69) is 48.8 Å². The quantitative estimate of drug-likeness (QED) is 0.849. The zero-order valence-corrected chi connectivity index (χ0v) is 12.9. The first-order valence-electron chi connectivity index (χ1n) is 7.75. The van der Waals surface area contributed by atoms with Crippen LogP contribution < -0.4 is 0 Å². The number of rotatable bonds is 3. The molecule has 1 aliphatic rings. The predicted molar refractivity (Wildman–Crippen MR) is 83.9 cm³/mol. The highest BCUT2D eigenvalue weighted by atomic mass is 15.1. The summed E-state index contributed by atoms with van der Waals surface area (Å²) < 4.78 is 2.31.